The summed E-state index contributed by atoms with van der Waals surface area (Å²) in [6, 6.07) is 17.5. The second-order valence-electron chi connectivity index (χ2n) is 6.26. The van der Waals surface area contributed by atoms with E-state index in [4.69, 9.17) is 0 Å². The Hall–Kier alpha value is -3.14. The van der Waals surface area contributed by atoms with E-state index in [0.717, 1.165) is 22.6 Å². The van der Waals surface area contributed by atoms with Crippen molar-refractivity contribution in [2.45, 2.75) is 20.8 Å². The topological polar surface area (TPSA) is 54.0 Å². The summed E-state index contributed by atoms with van der Waals surface area (Å²) in [7, 11) is 0. The zero-order valence-corrected chi connectivity index (χ0v) is 14.6. The summed E-state index contributed by atoms with van der Waals surface area (Å²) in [5.74, 6) is -0.219. The van der Waals surface area contributed by atoms with Gasteiger partial charge in [-0.1, -0.05) is 18.2 Å². The van der Waals surface area contributed by atoms with Crippen LogP contribution in [0.3, 0.4) is 0 Å². The first-order valence-electron chi connectivity index (χ1n) is 8.19. The van der Waals surface area contributed by atoms with Crippen molar-refractivity contribution in [3.8, 4) is 0 Å². The van der Waals surface area contributed by atoms with E-state index in [9.17, 15) is 4.79 Å². The molecule has 0 saturated heterocycles. The molecule has 0 aliphatic rings. The van der Waals surface area contributed by atoms with Gasteiger partial charge in [0.15, 0.2) is 0 Å². The summed E-state index contributed by atoms with van der Waals surface area (Å²) in [6.07, 6.45) is 1.67. The fraction of sp³-hybridized carbons (Fsp3) is 0.143. The lowest BCUT2D eigenvalue weighted by molar-refractivity contribution is 0.102. The van der Waals surface area contributed by atoms with Gasteiger partial charge in [-0.3, -0.25) is 4.79 Å². The molecule has 0 unspecified atom stereocenters. The van der Waals surface area contributed by atoms with Crippen LogP contribution in [0.1, 0.15) is 27.2 Å². The lowest BCUT2D eigenvalue weighted by atomic mass is 10.1. The van der Waals surface area contributed by atoms with Gasteiger partial charge in [-0.15, -0.1) is 0 Å². The quantitative estimate of drug-likeness (QED) is 0.707. The molecular weight excluding hydrogens is 310 g/mol. The average molecular weight is 331 g/mol. The predicted molar refractivity (Wildman–Crippen MR) is 103 cm³/mol. The molecule has 1 heterocycles. The highest BCUT2D eigenvalue weighted by atomic mass is 16.1. The number of aryl methyl sites for hydroxylation is 3. The molecule has 0 aliphatic heterocycles. The van der Waals surface area contributed by atoms with Crippen LogP contribution < -0.4 is 10.6 Å². The van der Waals surface area contributed by atoms with E-state index in [1.54, 1.807) is 12.3 Å². The predicted octanol–water partition coefficient (Wildman–Crippen LogP) is 5.00. The number of rotatable bonds is 4. The Morgan fingerprint density at radius 1 is 0.800 bits per heavy atom. The number of nitrogens with one attached hydrogen (secondary N) is 2. The summed E-state index contributed by atoms with van der Waals surface area (Å²) in [4.78, 5) is 16.6. The van der Waals surface area contributed by atoms with Gasteiger partial charge in [0.25, 0.3) is 5.91 Å². The molecule has 25 heavy (non-hydrogen) atoms. The molecule has 0 atom stereocenters. The number of aromatic nitrogens is 1. The number of carbonyl (C=O) groups is 1. The third kappa shape index (κ3) is 4.44. The van der Waals surface area contributed by atoms with Crippen molar-refractivity contribution in [2.75, 3.05) is 10.6 Å². The van der Waals surface area contributed by atoms with Gasteiger partial charge < -0.3 is 10.6 Å². The Morgan fingerprint density at radius 3 is 2.16 bits per heavy atom. The molecule has 3 rings (SSSR count). The standard InChI is InChI=1S/C21H21N3O/c1-14-5-4-6-17(10-14)24-21(25)20-8-7-18(13-22-20)23-19-11-15(2)9-16(3)12-19/h4-13,23H,1-3H3,(H,24,25). The molecule has 0 radical (unpaired) electrons. The SMILES string of the molecule is Cc1cccc(NC(=O)c2ccc(Nc3cc(C)cc(C)c3)cn2)c1. The molecule has 1 amide bonds. The zero-order chi connectivity index (χ0) is 17.8. The maximum Gasteiger partial charge on any atom is 0.274 e. The molecule has 4 heteroatoms. The Morgan fingerprint density at radius 2 is 1.52 bits per heavy atom. The summed E-state index contributed by atoms with van der Waals surface area (Å²) < 4.78 is 0. The van der Waals surface area contributed by atoms with Crippen LogP contribution in [0.4, 0.5) is 17.1 Å². The Balaban J connectivity index is 1.70. The molecular formula is C21H21N3O. The second-order valence-corrected chi connectivity index (χ2v) is 6.26. The van der Waals surface area contributed by atoms with Crippen molar-refractivity contribution in [2.24, 2.45) is 0 Å². The van der Waals surface area contributed by atoms with Gasteiger partial charge in [0.2, 0.25) is 0 Å². The number of benzene rings is 2. The van der Waals surface area contributed by atoms with E-state index < -0.39 is 0 Å². The van der Waals surface area contributed by atoms with Crippen LogP contribution in [0.5, 0.6) is 0 Å². The normalized spacial score (nSPS) is 10.4. The minimum absolute atomic E-state index is 0.219. The fourth-order valence-electron chi connectivity index (χ4n) is 2.73. The van der Waals surface area contributed by atoms with Crippen LogP contribution in [0.2, 0.25) is 0 Å². The molecule has 0 spiro atoms. The minimum atomic E-state index is -0.219. The lowest BCUT2D eigenvalue weighted by Crippen LogP contribution is -2.13. The van der Waals surface area contributed by atoms with Gasteiger partial charge in [0.05, 0.1) is 11.9 Å². The van der Waals surface area contributed by atoms with E-state index in [0.29, 0.717) is 5.69 Å². The van der Waals surface area contributed by atoms with Crippen molar-refractivity contribution in [3.63, 3.8) is 0 Å². The lowest BCUT2D eigenvalue weighted by Gasteiger charge is -2.09. The van der Waals surface area contributed by atoms with Gasteiger partial charge in [0, 0.05) is 11.4 Å². The number of anilines is 3. The van der Waals surface area contributed by atoms with E-state index in [1.165, 1.54) is 11.1 Å². The fourth-order valence-corrected chi connectivity index (χ4v) is 2.73. The van der Waals surface area contributed by atoms with Crippen molar-refractivity contribution in [1.82, 2.24) is 4.98 Å². The highest BCUT2D eigenvalue weighted by Crippen LogP contribution is 2.19. The summed E-state index contributed by atoms with van der Waals surface area (Å²) in [6.45, 7) is 6.12. The molecule has 0 fully saturated rings. The first kappa shape index (κ1) is 16.7. The first-order valence-corrected chi connectivity index (χ1v) is 8.19. The summed E-state index contributed by atoms with van der Waals surface area (Å²) in [5.41, 5.74) is 6.50. The molecule has 126 valence electrons. The summed E-state index contributed by atoms with van der Waals surface area (Å²) in [5, 5.41) is 6.18. The third-order valence-electron chi connectivity index (χ3n) is 3.78. The number of nitrogens with zero attached hydrogens (tertiary/aromatic N) is 1. The molecule has 0 aliphatic carbocycles. The van der Waals surface area contributed by atoms with Crippen molar-refractivity contribution < 1.29 is 4.79 Å². The van der Waals surface area contributed by atoms with Gasteiger partial charge in [-0.2, -0.15) is 0 Å². The van der Waals surface area contributed by atoms with Crippen LogP contribution >= 0.6 is 0 Å². The number of hydrogen-bond acceptors (Lipinski definition) is 3. The Bertz CT molecular complexity index is 881. The smallest absolute Gasteiger partial charge is 0.274 e. The highest BCUT2D eigenvalue weighted by molar-refractivity contribution is 6.03. The monoisotopic (exact) mass is 331 g/mol. The summed E-state index contributed by atoms with van der Waals surface area (Å²) >= 11 is 0. The first-order chi connectivity index (χ1) is 12.0. The highest BCUT2D eigenvalue weighted by Gasteiger charge is 2.08. The van der Waals surface area contributed by atoms with E-state index >= 15 is 0 Å². The molecule has 2 aromatic carbocycles. The molecule has 4 nitrogen and oxygen atoms in total. The van der Waals surface area contributed by atoms with Crippen LogP contribution in [-0.2, 0) is 0 Å². The van der Waals surface area contributed by atoms with Crippen LogP contribution in [0, 0.1) is 20.8 Å². The third-order valence-corrected chi connectivity index (χ3v) is 3.78. The average Bonchev–Trinajstić information content (AvgIpc) is 2.54. The van der Waals surface area contributed by atoms with Crippen LogP contribution in [0.15, 0.2) is 60.8 Å². The van der Waals surface area contributed by atoms with Crippen LogP contribution in [0.25, 0.3) is 0 Å². The minimum Gasteiger partial charge on any atom is -0.354 e. The van der Waals surface area contributed by atoms with Crippen molar-refractivity contribution in [3.05, 3.63) is 83.2 Å². The number of pyridine rings is 1. The number of carbonyl (C=O) groups excluding carboxylic acids is 1. The van der Waals surface area contributed by atoms with Gasteiger partial charge in [0.1, 0.15) is 5.69 Å². The molecule has 2 N–H and O–H groups in total. The van der Waals surface area contributed by atoms with Gasteiger partial charge in [-0.05, 0) is 73.9 Å². The number of hydrogen-bond donors (Lipinski definition) is 2. The van der Waals surface area contributed by atoms with Gasteiger partial charge >= 0.3 is 0 Å². The Labute approximate surface area is 147 Å². The van der Waals surface area contributed by atoms with E-state index in [1.807, 2.05) is 37.3 Å². The van der Waals surface area contributed by atoms with E-state index in [-0.39, 0.29) is 5.91 Å². The van der Waals surface area contributed by atoms with Crippen molar-refractivity contribution >= 4 is 23.0 Å². The zero-order valence-electron chi connectivity index (χ0n) is 14.6. The number of amides is 1. The maximum absolute atomic E-state index is 12.3. The maximum atomic E-state index is 12.3. The van der Waals surface area contributed by atoms with E-state index in [2.05, 4.69) is 47.7 Å². The largest absolute Gasteiger partial charge is 0.354 e. The van der Waals surface area contributed by atoms with Crippen molar-refractivity contribution in [1.29, 1.82) is 0 Å². The van der Waals surface area contributed by atoms with Crippen LogP contribution in [-0.4, -0.2) is 10.9 Å². The molecule has 3 aromatic rings. The van der Waals surface area contributed by atoms with Gasteiger partial charge in [-0.25, -0.2) is 4.98 Å². The molecule has 0 saturated carbocycles. The second kappa shape index (κ2) is 7.18. The molecule has 0 bridgehead atoms. The Kier molecular flexibility index (Phi) is 4.80. The molecule has 1 aromatic heterocycles.